The first-order valence-corrected chi connectivity index (χ1v) is 6.44. The van der Waals surface area contributed by atoms with E-state index in [0.29, 0.717) is 0 Å². The average Bonchev–Trinajstić information content (AvgIpc) is 2.75. The molecular formula is C11H22N6. The highest BCUT2D eigenvalue weighted by molar-refractivity contribution is 4.79. The Labute approximate surface area is 102 Å². The van der Waals surface area contributed by atoms with Gasteiger partial charge in [0.05, 0.1) is 13.6 Å². The maximum Gasteiger partial charge on any atom is 0.188 e. The van der Waals surface area contributed by atoms with Gasteiger partial charge in [0.25, 0.3) is 0 Å². The van der Waals surface area contributed by atoms with Gasteiger partial charge in [0, 0.05) is 6.54 Å². The van der Waals surface area contributed by atoms with E-state index in [1.165, 1.54) is 24.2 Å². The Hall–Kier alpha value is -1.01. The third kappa shape index (κ3) is 3.74. The Balaban J connectivity index is 1.83. The molecule has 1 aromatic rings. The van der Waals surface area contributed by atoms with Gasteiger partial charge in [-0.2, -0.15) is 4.80 Å². The number of tetrazole rings is 1. The average molecular weight is 238 g/mol. The summed E-state index contributed by atoms with van der Waals surface area (Å²) >= 11 is 0. The standard InChI is InChI=1S/C11H22N6/c1-3-17(8-10-5-4-6-12-7-10)9-11-13-15-16(2)14-11/h10,12H,3-9H2,1-2H3. The van der Waals surface area contributed by atoms with Crippen molar-refractivity contribution in [1.82, 2.24) is 30.4 Å². The van der Waals surface area contributed by atoms with E-state index in [2.05, 4.69) is 32.6 Å². The van der Waals surface area contributed by atoms with E-state index < -0.39 is 0 Å². The number of rotatable bonds is 5. The first kappa shape index (κ1) is 12.4. The highest BCUT2D eigenvalue weighted by Crippen LogP contribution is 2.12. The zero-order valence-corrected chi connectivity index (χ0v) is 10.8. The summed E-state index contributed by atoms with van der Waals surface area (Å²) in [6, 6.07) is 0. The molecule has 0 aromatic carbocycles. The summed E-state index contributed by atoms with van der Waals surface area (Å²) < 4.78 is 0. The van der Waals surface area contributed by atoms with Crippen LogP contribution in [0.3, 0.4) is 0 Å². The minimum atomic E-state index is 0.764. The summed E-state index contributed by atoms with van der Waals surface area (Å²) in [4.78, 5) is 3.92. The Morgan fingerprint density at radius 3 is 3.00 bits per heavy atom. The van der Waals surface area contributed by atoms with Gasteiger partial charge in [-0.3, -0.25) is 4.90 Å². The van der Waals surface area contributed by atoms with Crippen LogP contribution in [0.25, 0.3) is 0 Å². The van der Waals surface area contributed by atoms with Gasteiger partial charge in [-0.05, 0) is 43.6 Å². The summed E-state index contributed by atoms with van der Waals surface area (Å²) in [5.41, 5.74) is 0. The molecule has 17 heavy (non-hydrogen) atoms. The van der Waals surface area contributed by atoms with Gasteiger partial charge >= 0.3 is 0 Å². The van der Waals surface area contributed by atoms with E-state index in [1.54, 1.807) is 7.05 Å². The van der Waals surface area contributed by atoms with E-state index in [9.17, 15) is 0 Å². The van der Waals surface area contributed by atoms with E-state index in [1.807, 2.05) is 0 Å². The fourth-order valence-electron chi connectivity index (χ4n) is 2.34. The number of piperidine rings is 1. The smallest absolute Gasteiger partial charge is 0.188 e. The normalized spacial score (nSPS) is 21.0. The van der Waals surface area contributed by atoms with Crippen LogP contribution in [0.4, 0.5) is 0 Å². The van der Waals surface area contributed by atoms with Crippen molar-refractivity contribution in [2.24, 2.45) is 13.0 Å². The van der Waals surface area contributed by atoms with Gasteiger partial charge in [0.1, 0.15) is 0 Å². The number of nitrogens with one attached hydrogen (secondary N) is 1. The van der Waals surface area contributed by atoms with Crippen LogP contribution < -0.4 is 5.32 Å². The summed E-state index contributed by atoms with van der Waals surface area (Å²) in [7, 11) is 1.80. The first-order valence-electron chi connectivity index (χ1n) is 6.44. The van der Waals surface area contributed by atoms with Crippen molar-refractivity contribution in [1.29, 1.82) is 0 Å². The number of hydrogen-bond acceptors (Lipinski definition) is 5. The van der Waals surface area contributed by atoms with Gasteiger partial charge in [-0.15, -0.1) is 10.2 Å². The Kier molecular flexibility index (Phi) is 4.44. The van der Waals surface area contributed by atoms with Crippen molar-refractivity contribution in [3.8, 4) is 0 Å². The van der Waals surface area contributed by atoms with E-state index >= 15 is 0 Å². The van der Waals surface area contributed by atoms with Gasteiger partial charge in [0.15, 0.2) is 5.82 Å². The number of hydrogen-bond donors (Lipinski definition) is 1. The first-order chi connectivity index (χ1) is 8.28. The molecule has 1 fully saturated rings. The van der Waals surface area contributed by atoms with Crippen molar-refractivity contribution in [2.45, 2.75) is 26.3 Å². The van der Waals surface area contributed by atoms with Crippen LogP contribution >= 0.6 is 0 Å². The quantitative estimate of drug-likeness (QED) is 0.784. The highest BCUT2D eigenvalue weighted by Gasteiger charge is 2.17. The molecule has 1 aliphatic rings. The molecule has 1 N–H and O–H groups in total. The molecule has 1 saturated heterocycles. The lowest BCUT2D eigenvalue weighted by molar-refractivity contribution is 0.205. The van der Waals surface area contributed by atoms with Crippen molar-refractivity contribution >= 4 is 0 Å². The molecule has 0 spiro atoms. The molecular weight excluding hydrogens is 216 g/mol. The number of aryl methyl sites for hydroxylation is 1. The monoisotopic (exact) mass is 238 g/mol. The van der Waals surface area contributed by atoms with E-state index in [-0.39, 0.29) is 0 Å². The van der Waals surface area contributed by atoms with Crippen molar-refractivity contribution in [3.63, 3.8) is 0 Å². The minimum Gasteiger partial charge on any atom is -0.316 e. The van der Waals surface area contributed by atoms with Crippen molar-refractivity contribution in [3.05, 3.63) is 5.82 Å². The third-order valence-corrected chi connectivity index (χ3v) is 3.28. The molecule has 0 radical (unpaired) electrons. The van der Waals surface area contributed by atoms with Gasteiger partial charge in [-0.25, -0.2) is 0 Å². The summed E-state index contributed by atoms with van der Waals surface area (Å²) in [5, 5.41) is 15.6. The SMILES string of the molecule is CCN(Cc1nnn(C)n1)CC1CCCNC1. The predicted octanol–water partition coefficient (Wildman–Crippen LogP) is 0.0316. The molecule has 0 saturated carbocycles. The highest BCUT2D eigenvalue weighted by atomic mass is 15.6. The predicted molar refractivity (Wildman–Crippen MR) is 65.3 cm³/mol. The molecule has 6 heteroatoms. The second-order valence-electron chi connectivity index (χ2n) is 4.74. The van der Waals surface area contributed by atoms with Crippen LogP contribution in [-0.4, -0.2) is 51.3 Å². The van der Waals surface area contributed by atoms with Crippen LogP contribution in [0, 0.1) is 5.92 Å². The maximum absolute atomic E-state index is 4.23. The Morgan fingerprint density at radius 2 is 2.41 bits per heavy atom. The zero-order chi connectivity index (χ0) is 12.1. The lowest BCUT2D eigenvalue weighted by Gasteiger charge is -2.28. The topological polar surface area (TPSA) is 58.9 Å². The lowest BCUT2D eigenvalue weighted by atomic mass is 9.99. The summed E-state index contributed by atoms with van der Waals surface area (Å²) in [6.07, 6.45) is 2.63. The second-order valence-corrected chi connectivity index (χ2v) is 4.74. The number of aromatic nitrogens is 4. The molecule has 2 heterocycles. The van der Waals surface area contributed by atoms with Crippen LogP contribution in [0.2, 0.25) is 0 Å². The van der Waals surface area contributed by atoms with Crippen molar-refractivity contribution < 1.29 is 0 Å². The van der Waals surface area contributed by atoms with Crippen LogP contribution in [0.5, 0.6) is 0 Å². The largest absolute Gasteiger partial charge is 0.316 e. The van der Waals surface area contributed by atoms with Crippen molar-refractivity contribution in [2.75, 3.05) is 26.2 Å². The van der Waals surface area contributed by atoms with E-state index in [4.69, 9.17) is 0 Å². The van der Waals surface area contributed by atoms with E-state index in [0.717, 1.165) is 37.9 Å². The minimum absolute atomic E-state index is 0.764. The van der Waals surface area contributed by atoms with Crippen LogP contribution in [0.15, 0.2) is 0 Å². The van der Waals surface area contributed by atoms with Crippen LogP contribution in [-0.2, 0) is 13.6 Å². The molecule has 1 aliphatic heterocycles. The van der Waals surface area contributed by atoms with Gasteiger partial charge in [0.2, 0.25) is 0 Å². The fraction of sp³-hybridized carbons (Fsp3) is 0.909. The maximum atomic E-state index is 4.23. The Morgan fingerprint density at radius 1 is 1.53 bits per heavy atom. The Bertz CT molecular complexity index is 330. The molecule has 1 atom stereocenters. The third-order valence-electron chi connectivity index (χ3n) is 3.28. The number of nitrogens with zero attached hydrogens (tertiary/aromatic N) is 5. The van der Waals surface area contributed by atoms with Crippen LogP contribution in [0.1, 0.15) is 25.6 Å². The molecule has 96 valence electrons. The fourth-order valence-corrected chi connectivity index (χ4v) is 2.34. The molecule has 1 unspecified atom stereocenters. The molecule has 6 nitrogen and oxygen atoms in total. The summed E-state index contributed by atoms with van der Waals surface area (Å²) in [5.74, 6) is 1.58. The van der Waals surface area contributed by atoms with Gasteiger partial charge < -0.3 is 5.32 Å². The molecule has 0 bridgehead atoms. The second kappa shape index (κ2) is 6.07. The molecule has 1 aromatic heterocycles. The summed E-state index contributed by atoms with van der Waals surface area (Å²) in [6.45, 7) is 7.47. The molecule has 2 rings (SSSR count). The molecule has 0 aliphatic carbocycles. The van der Waals surface area contributed by atoms with Gasteiger partial charge in [-0.1, -0.05) is 6.92 Å². The zero-order valence-electron chi connectivity index (χ0n) is 10.8. The lowest BCUT2D eigenvalue weighted by Crippen LogP contribution is -2.38. The molecule has 0 amide bonds.